The summed E-state index contributed by atoms with van der Waals surface area (Å²) in [6.45, 7) is 0. The lowest BCUT2D eigenvalue weighted by Crippen LogP contribution is -2.10. The fourth-order valence-corrected chi connectivity index (χ4v) is 3.14. The molecule has 4 aromatic carbocycles. The van der Waals surface area contributed by atoms with E-state index in [2.05, 4.69) is 89.7 Å². The highest BCUT2D eigenvalue weighted by Crippen LogP contribution is 2.38. The van der Waals surface area contributed by atoms with E-state index < -0.39 is 0 Å². The molecule has 0 aliphatic heterocycles. The quantitative estimate of drug-likeness (QED) is 0.401. The fourth-order valence-electron chi connectivity index (χ4n) is 3.14. The van der Waals surface area contributed by atoms with Crippen molar-refractivity contribution in [1.82, 2.24) is 0 Å². The number of rotatable bonds is 3. The van der Waals surface area contributed by atoms with Crippen molar-refractivity contribution in [1.29, 1.82) is 0 Å². The first-order valence-electron chi connectivity index (χ1n) is 8.26. The fraction of sp³-hybridized carbons (Fsp3) is 0. The van der Waals surface area contributed by atoms with E-state index in [1.54, 1.807) is 0 Å². The molecule has 0 aromatic heterocycles. The predicted molar refractivity (Wildman–Crippen MR) is 107 cm³/mol. The molecule has 0 bridgehead atoms. The van der Waals surface area contributed by atoms with E-state index in [1.807, 2.05) is 18.2 Å². The maximum absolute atomic E-state index is 5.62. The van der Waals surface area contributed by atoms with Crippen molar-refractivity contribution in [2.45, 2.75) is 0 Å². The van der Waals surface area contributed by atoms with Crippen molar-refractivity contribution in [3.63, 3.8) is 0 Å². The Kier molecular flexibility index (Phi) is 3.94. The summed E-state index contributed by atoms with van der Waals surface area (Å²) in [6, 6.07) is 33.3. The third-order valence-corrected chi connectivity index (χ3v) is 4.29. The van der Waals surface area contributed by atoms with Crippen LogP contribution in [0.1, 0.15) is 5.56 Å². The van der Waals surface area contributed by atoms with Gasteiger partial charge in [-0.2, -0.15) is 0 Å². The maximum atomic E-state index is 5.62. The average molecular weight is 319 g/mol. The molecule has 0 amide bonds. The van der Waals surface area contributed by atoms with Crippen LogP contribution in [-0.2, 0) is 0 Å². The Balaban J connectivity index is 1.99. The lowest BCUT2D eigenvalue weighted by molar-refractivity contribution is 1.29. The number of hydrogen-bond donors (Lipinski definition) is 0. The molecule has 118 valence electrons. The highest BCUT2D eigenvalue weighted by molar-refractivity contribution is 5.98. The Morgan fingerprint density at radius 2 is 1.32 bits per heavy atom. The minimum atomic E-state index is 0.874. The molecular weight excluding hydrogens is 302 g/mol. The minimum absolute atomic E-state index is 0.874. The SMILES string of the molecule is C#Cc1cccc(N(c2ccccc2)c2cccc3ccccc23)c1. The predicted octanol–water partition coefficient (Wildman–Crippen LogP) is 6.29. The number of hydrogen-bond acceptors (Lipinski definition) is 1. The molecule has 0 heterocycles. The highest BCUT2D eigenvalue weighted by Gasteiger charge is 2.14. The van der Waals surface area contributed by atoms with Crippen LogP contribution in [0.25, 0.3) is 10.8 Å². The van der Waals surface area contributed by atoms with E-state index in [0.717, 1.165) is 22.6 Å². The van der Waals surface area contributed by atoms with Gasteiger partial charge in [-0.1, -0.05) is 66.6 Å². The summed E-state index contributed by atoms with van der Waals surface area (Å²) in [5, 5.41) is 2.42. The van der Waals surface area contributed by atoms with Gasteiger partial charge < -0.3 is 4.90 Å². The maximum Gasteiger partial charge on any atom is 0.0540 e. The molecular formula is C24H17N. The van der Waals surface area contributed by atoms with E-state index >= 15 is 0 Å². The van der Waals surface area contributed by atoms with Crippen LogP contribution >= 0.6 is 0 Å². The normalized spacial score (nSPS) is 10.4. The first kappa shape index (κ1) is 15.1. The monoisotopic (exact) mass is 319 g/mol. The van der Waals surface area contributed by atoms with Gasteiger partial charge in [0.05, 0.1) is 5.69 Å². The lowest BCUT2D eigenvalue weighted by Gasteiger charge is -2.27. The summed E-state index contributed by atoms with van der Waals surface area (Å²) < 4.78 is 0. The molecule has 4 rings (SSSR count). The van der Waals surface area contributed by atoms with Crippen LogP contribution in [0.5, 0.6) is 0 Å². The van der Waals surface area contributed by atoms with Gasteiger partial charge in [0, 0.05) is 22.3 Å². The zero-order valence-corrected chi connectivity index (χ0v) is 13.8. The summed E-state index contributed by atoms with van der Waals surface area (Å²) >= 11 is 0. The number of terminal acetylenes is 1. The number of fused-ring (bicyclic) bond motifs is 1. The number of para-hydroxylation sites is 1. The molecule has 0 unspecified atom stereocenters. The van der Waals surface area contributed by atoms with Crippen molar-refractivity contribution >= 4 is 27.8 Å². The van der Waals surface area contributed by atoms with Gasteiger partial charge in [0.1, 0.15) is 0 Å². The van der Waals surface area contributed by atoms with E-state index in [1.165, 1.54) is 10.8 Å². The molecule has 1 nitrogen and oxygen atoms in total. The van der Waals surface area contributed by atoms with Crippen LogP contribution in [-0.4, -0.2) is 0 Å². The Labute approximate surface area is 148 Å². The van der Waals surface area contributed by atoms with Crippen molar-refractivity contribution in [3.05, 3.63) is 103 Å². The number of nitrogens with zero attached hydrogens (tertiary/aromatic N) is 1. The second-order valence-corrected chi connectivity index (χ2v) is 5.86. The first-order chi connectivity index (χ1) is 12.4. The van der Waals surface area contributed by atoms with E-state index in [-0.39, 0.29) is 0 Å². The van der Waals surface area contributed by atoms with Gasteiger partial charge in [0.15, 0.2) is 0 Å². The first-order valence-corrected chi connectivity index (χ1v) is 8.26. The second-order valence-electron chi connectivity index (χ2n) is 5.86. The van der Waals surface area contributed by atoms with Crippen LogP contribution < -0.4 is 4.90 Å². The van der Waals surface area contributed by atoms with Gasteiger partial charge >= 0.3 is 0 Å². The van der Waals surface area contributed by atoms with Crippen LogP contribution in [0.4, 0.5) is 17.1 Å². The second kappa shape index (κ2) is 6.55. The summed E-state index contributed by atoms with van der Waals surface area (Å²) in [6.07, 6.45) is 5.62. The molecule has 0 radical (unpaired) electrons. The van der Waals surface area contributed by atoms with E-state index in [9.17, 15) is 0 Å². The molecule has 0 aliphatic rings. The summed E-state index contributed by atoms with van der Waals surface area (Å²) in [5.74, 6) is 2.74. The van der Waals surface area contributed by atoms with Gasteiger partial charge in [-0.15, -0.1) is 6.42 Å². The standard InChI is InChI=1S/C24H17N/c1-2-19-10-8-15-22(18-19)25(21-13-4-3-5-14-21)24-17-9-12-20-11-6-7-16-23(20)24/h1,3-18H. The van der Waals surface area contributed by atoms with Crippen LogP contribution in [0.2, 0.25) is 0 Å². The van der Waals surface area contributed by atoms with Crippen molar-refractivity contribution in [2.24, 2.45) is 0 Å². The third-order valence-electron chi connectivity index (χ3n) is 4.29. The molecule has 0 fully saturated rings. The Morgan fingerprint density at radius 3 is 2.16 bits per heavy atom. The van der Waals surface area contributed by atoms with E-state index in [4.69, 9.17) is 6.42 Å². The van der Waals surface area contributed by atoms with E-state index in [0.29, 0.717) is 0 Å². The Morgan fingerprint density at radius 1 is 0.640 bits per heavy atom. The molecule has 4 aromatic rings. The molecule has 25 heavy (non-hydrogen) atoms. The van der Waals surface area contributed by atoms with Crippen LogP contribution in [0.3, 0.4) is 0 Å². The van der Waals surface area contributed by atoms with Crippen molar-refractivity contribution in [3.8, 4) is 12.3 Å². The molecule has 0 spiro atoms. The molecule has 0 saturated heterocycles. The molecule has 0 atom stereocenters. The largest absolute Gasteiger partial charge is 0.310 e. The molecule has 1 heteroatoms. The summed E-state index contributed by atoms with van der Waals surface area (Å²) in [4.78, 5) is 2.25. The zero-order chi connectivity index (χ0) is 17.1. The smallest absolute Gasteiger partial charge is 0.0540 e. The molecule has 0 N–H and O–H groups in total. The Hall–Kier alpha value is -3.50. The van der Waals surface area contributed by atoms with Gasteiger partial charge in [0.25, 0.3) is 0 Å². The van der Waals surface area contributed by atoms with Crippen LogP contribution in [0, 0.1) is 12.3 Å². The Bertz CT molecular complexity index is 1050. The topological polar surface area (TPSA) is 3.24 Å². The van der Waals surface area contributed by atoms with Gasteiger partial charge in [-0.05, 0) is 41.8 Å². The zero-order valence-electron chi connectivity index (χ0n) is 13.8. The minimum Gasteiger partial charge on any atom is -0.310 e. The summed E-state index contributed by atoms with van der Waals surface area (Å²) in [5.41, 5.74) is 4.17. The average Bonchev–Trinajstić information content (AvgIpc) is 2.69. The van der Waals surface area contributed by atoms with Gasteiger partial charge in [-0.25, -0.2) is 0 Å². The lowest BCUT2D eigenvalue weighted by atomic mass is 10.1. The molecule has 0 saturated carbocycles. The highest BCUT2D eigenvalue weighted by atomic mass is 15.1. The van der Waals surface area contributed by atoms with Gasteiger partial charge in [0.2, 0.25) is 0 Å². The number of benzene rings is 4. The summed E-state index contributed by atoms with van der Waals surface area (Å²) in [7, 11) is 0. The van der Waals surface area contributed by atoms with Crippen LogP contribution in [0.15, 0.2) is 97.1 Å². The number of anilines is 3. The molecule has 0 aliphatic carbocycles. The van der Waals surface area contributed by atoms with Crippen molar-refractivity contribution in [2.75, 3.05) is 4.90 Å². The van der Waals surface area contributed by atoms with Gasteiger partial charge in [-0.3, -0.25) is 0 Å². The third kappa shape index (κ3) is 2.86. The van der Waals surface area contributed by atoms with Crippen molar-refractivity contribution < 1.29 is 0 Å².